The van der Waals surface area contributed by atoms with Crippen LogP contribution in [0.25, 0.3) is 22.2 Å². The van der Waals surface area contributed by atoms with Crippen molar-refractivity contribution in [3.63, 3.8) is 0 Å². The molecule has 0 bridgehead atoms. The zero-order valence-corrected chi connectivity index (χ0v) is 23.1. The molecule has 41 heavy (non-hydrogen) atoms. The third kappa shape index (κ3) is 6.10. The Hall–Kier alpha value is -4.63. The minimum absolute atomic E-state index is 0.152. The fourth-order valence-corrected chi connectivity index (χ4v) is 4.96. The Morgan fingerprint density at radius 1 is 0.854 bits per heavy atom. The van der Waals surface area contributed by atoms with E-state index in [1.165, 1.54) is 12.1 Å². The van der Waals surface area contributed by atoms with Crippen molar-refractivity contribution in [2.45, 2.75) is 6.92 Å². The van der Waals surface area contributed by atoms with E-state index < -0.39 is 12.6 Å². The quantitative estimate of drug-likeness (QED) is 0.209. The number of esters is 1. The molecule has 4 aromatic rings. The first kappa shape index (κ1) is 27.9. The van der Waals surface area contributed by atoms with Gasteiger partial charge in [-0.25, -0.2) is 4.79 Å². The Morgan fingerprint density at radius 3 is 2.34 bits per heavy atom. The molecular formula is C32H32N2O7. The highest BCUT2D eigenvalue weighted by Crippen LogP contribution is 2.34. The van der Waals surface area contributed by atoms with E-state index in [1.54, 1.807) is 17.9 Å². The molecule has 9 heteroatoms. The number of morpholine rings is 1. The molecule has 2 heterocycles. The lowest BCUT2D eigenvalue weighted by Crippen LogP contribution is -2.43. The van der Waals surface area contributed by atoms with Gasteiger partial charge < -0.3 is 28.4 Å². The Bertz CT molecular complexity index is 1560. The number of amides is 1. The molecule has 1 saturated heterocycles. The van der Waals surface area contributed by atoms with Gasteiger partial charge in [-0.05, 0) is 36.8 Å². The van der Waals surface area contributed by atoms with Crippen LogP contribution in [0.15, 0.2) is 72.8 Å². The Morgan fingerprint density at radius 2 is 1.59 bits per heavy atom. The van der Waals surface area contributed by atoms with E-state index in [-0.39, 0.29) is 23.9 Å². The number of aromatic nitrogens is 1. The zero-order valence-electron chi connectivity index (χ0n) is 23.1. The standard InChI is InChI=1S/C32H32N2O7/c1-3-39-28-19-23(13-14-27(28)40-21-29(36)34-15-17-38-18-16-34)32(37)41-20-26(35)30-24-11-7-8-12-25(24)33(2)31(30)22-9-5-4-6-10-22/h4-14,19H,3,15-18,20-21H2,1-2H3. The molecule has 3 aromatic carbocycles. The van der Waals surface area contributed by atoms with Gasteiger partial charge in [0, 0.05) is 31.0 Å². The van der Waals surface area contributed by atoms with Crippen molar-refractivity contribution in [1.29, 1.82) is 0 Å². The van der Waals surface area contributed by atoms with E-state index in [4.69, 9.17) is 18.9 Å². The molecule has 0 spiro atoms. The molecule has 0 N–H and O–H groups in total. The van der Waals surface area contributed by atoms with E-state index in [0.717, 1.165) is 22.2 Å². The minimum atomic E-state index is -0.670. The first-order chi connectivity index (χ1) is 20.0. The predicted molar refractivity (Wildman–Crippen MR) is 153 cm³/mol. The number of carbonyl (C=O) groups excluding carboxylic acids is 3. The van der Waals surface area contributed by atoms with Gasteiger partial charge in [0.05, 0.1) is 36.6 Å². The first-order valence-electron chi connectivity index (χ1n) is 13.6. The monoisotopic (exact) mass is 556 g/mol. The van der Waals surface area contributed by atoms with Gasteiger partial charge in [-0.15, -0.1) is 0 Å². The molecule has 1 aliphatic rings. The van der Waals surface area contributed by atoms with E-state index in [2.05, 4.69) is 0 Å². The summed E-state index contributed by atoms with van der Waals surface area (Å²) in [5.74, 6) is -0.480. The molecule has 1 fully saturated rings. The maximum absolute atomic E-state index is 13.5. The SMILES string of the molecule is CCOc1cc(C(=O)OCC(=O)c2c(-c3ccccc3)n(C)c3ccccc23)ccc1OCC(=O)N1CCOCC1. The molecular weight excluding hydrogens is 524 g/mol. The summed E-state index contributed by atoms with van der Waals surface area (Å²) in [5.41, 5.74) is 3.27. The molecule has 0 radical (unpaired) electrons. The van der Waals surface area contributed by atoms with Crippen molar-refractivity contribution in [1.82, 2.24) is 9.47 Å². The lowest BCUT2D eigenvalue weighted by Gasteiger charge is -2.26. The van der Waals surface area contributed by atoms with Crippen molar-refractivity contribution in [3.05, 3.63) is 83.9 Å². The van der Waals surface area contributed by atoms with Gasteiger partial charge in [0.2, 0.25) is 5.78 Å². The number of hydrogen-bond acceptors (Lipinski definition) is 7. The molecule has 1 aliphatic heterocycles. The number of hydrogen-bond donors (Lipinski definition) is 0. The van der Waals surface area contributed by atoms with Gasteiger partial charge >= 0.3 is 5.97 Å². The van der Waals surface area contributed by atoms with Crippen LogP contribution in [0, 0.1) is 0 Å². The van der Waals surface area contributed by atoms with Crippen molar-refractivity contribution >= 4 is 28.6 Å². The predicted octanol–water partition coefficient (Wildman–Crippen LogP) is 4.52. The number of nitrogens with zero attached hydrogens (tertiary/aromatic N) is 2. The van der Waals surface area contributed by atoms with Crippen molar-refractivity contribution in [2.24, 2.45) is 7.05 Å². The van der Waals surface area contributed by atoms with Gasteiger partial charge in [-0.1, -0.05) is 48.5 Å². The van der Waals surface area contributed by atoms with Crippen LogP contribution in [-0.2, 0) is 21.3 Å². The number of carbonyl (C=O) groups is 3. The molecule has 1 aromatic heterocycles. The molecule has 0 unspecified atom stereocenters. The third-order valence-corrected chi connectivity index (χ3v) is 6.96. The van der Waals surface area contributed by atoms with E-state index in [9.17, 15) is 14.4 Å². The maximum atomic E-state index is 13.5. The second kappa shape index (κ2) is 12.7. The highest BCUT2D eigenvalue weighted by molar-refractivity contribution is 6.14. The number of fused-ring (bicyclic) bond motifs is 1. The lowest BCUT2D eigenvalue weighted by atomic mass is 10.0. The molecule has 5 rings (SSSR count). The van der Waals surface area contributed by atoms with Crippen LogP contribution in [0.3, 0.4) is 0 Å². The summed E-state index contributed by atoms with van der Waals surface area (Å²) in [7, 11) is 1.92. The highest BCUT2D eigenvalue weighted by atomic mass is 16.5. The minimum Gasteiger partial charge on any atom is -0.490 e. The normalized spacial score (nSPS) is 13.2. The van der Waals surface area contributed by atoms with Crippen LogP contribution in [0.1, 0.15) is 27.6 Å². The van der Waals surface area contributed by atoms with Crippen LogP contribution < -0.4 is 9.47 Å². The average Bonchev–Trinajstić information content (AvgIpc) is 3.32. The number of ketones is 1. The van der Waals surface area contributed by atoms with Crippen LogP contribution in [0.5, 0.6) is 11.5 Å². The first-order valence-corrected chi connectivity index (χ1v) is 13.6. The van der Waals surface area contributed by atoms with Gasteiger partial charge in [0.1, 0.15) is 0 Å². The molecule has 0 atom stereocenters. The highest BCUT2D eigenvalue weighted by Gasteiger charge is 2.24. The Kier molecular flexibility index (Phi) is 8.64. The summed E-state index contributed by atoms with van der Waals surface area (Å²) >= 11 is 0. The van der Waals surface area contributed by atoms with E-state index in [0.29, 0.717) is 50.0 Å². The van der Waals surface area contributed by atoms with Gasteiger partial charge in [0.25, 0.3) is 5.91 Å². The summed E-state index contributed by atoms with van der Waals surface area (Å²) in [6.07, 6.45) is 0. The second-order valence-corrected chi connectivity index (χ2v) is 9.54. The molecule has 0 aliphatic carbocycles. The largest absolute Gasteiger partial charge is 0.490 e. The Balaban J connectivity index is 1.30. The molecule has 1 amide bonds. The van der Waals surface area contributed by atoms with Gasteiger partial charge in [-0.2, -0.15) is 0 Å². The summed E-state index contributed by atoms with van der Waals surface area (Å²) in [6, 6.07) is 21.9. The molecule has 212 valence electrons. The fourth-order valence-electron chi connectivity index (χ4n) is 4.96. The van der Waals surface area contributed by atoms with Crippen LogP contribution in [0.4, 0.5) is 0 Å². The van der Waals surface area contributed by atoms with Crippen LogP contribution in [-0.4, -0.2) is 73.3 Å². The van der Waals surface area contributed by atoms with Crippen LogP contribution >= 0.6 is 0 Å². The smallest absolute Gasteiger partial charge is 0.338 e. The summed E-state index contributed by atoms with van der Waals surface area (Å²) in [5, 5.41) is 0.793. The Labute approximate surface area is 238 Å². The number of rotatable bonds is 10. The van der Waals surface area contributed by atoms with Gasteiger partial charge in [0.15, 0.2) is 24.7 Å². The van der Waals surface area contributed by atoms with Crippen molar-refractivity contribution in [3.8, 4) is 22.8 Å². The topological polar surface area (TPSA) is 96.3 Å². The van der Waals surface area contributed by atoms with Crippen molar-refractivity contribution < 1.29 is 33.3 Å². The number of aryl methyl sites for hydroxylation is 1. The molecule has 9 nitrogen and oxygen atoms in total. The number of ether oxygens (including phenoxy) is 4. The summed E-state index contributed by atoms with van der Waals surface area (Å²) in [4.78, 5) is 40.7. The number of para-hydroxylation sites is 1. The second-order valence-electron chi connectivity index (χ2n) is 9.54. The van der Waals surface area contributed by atoms with E-state index in [1.807, 2.05) is 66.2 Å². The van der Waals surface area contributed by atoms with Crippen LogP contribution in [0.2, 0.25) is 0 Å². The number of Topliss-reactive ketones (excluding diaryl/α,β-unsaturated/α-hetero) is 1. The van der Waals surface area contributed by atoms with Crippen molar-refractivity contribution in [2.75, 3.05) is 46.1 Å². The van der Waals surface area contributed by atoms with E-state index >= 15 is 0 Å². The fraction of sp³-hybridized carbons (Fsp3) is 0.281. The zero-order chi connectivity index (χ0) is 28.8. The third-order valence-electron chi connectivity index (χ3n) is 6.96. The summed E-state index contributed by atoms with van der Waals surface area (Å²) < 4.78 is 24.1. The molecule has 0 saturated carbocycles. The van der Waals surface area contributed by atoms with Gasteiger partial charge in [-0.3, -0.25) is 9.59 Å². The lowest BCUT2D eigenvalue weighted by molar-refractivity contribution is -0.137. The maximum Gasteiger partial charge on any atom is 0.338 e. The number of benzene rings is 3. The average molecular weight is 557 g/mol. The summed E-state index contributed by atoms with van der Waals surface area (Å²) in [6.45, 7) is 3.60.